The molecule has 1 aromatic carbocycles. The fourth-order valence-electron chi connectivity index (χ4n) is 5.12. The Morgan fingerprint density at radius 1 is 1.14 bits per heavy atom. The third-order valence-corrected chi connectivity index (χ3v) is 8.22. The maximum absolute atomic E-state index is 13.4. The average Bonchev–Trinajstić information content (AvgIpc) is 3.54. The van der Waals surface area contributed by atoms with Crippen molar-refractivity contribution in [1.29, 1.82) is 0 Å². The molecule has 1 aromatic rings. The first-order valence-electron chi connectivity index (χ1n) is 13.0. The van der Waals surface area contributed by atoms with Gasteiger partial charge in [0.2, 0.25) is 5.91 Å². The first kappa shape index (κ1) is 26.6. The van der Waals surface area contributed by atoms with Gasteiger partial charge in [-0.1, -0.05) is 38.1 Å². The molecule has 36 heavy (non-hydrogen) atoms. The molecule has 3 heterocycles. The molecule has 0 bridgehead atoms. The molecule has 0 spiro atoms. The highest BCUT2D eigenvalue weighted by molar-refractivity contribution is 6.62. The number of carbonyl (C=O) groups is 2. The number of aliphatic imine (C=N–C) groups is 1. The molecule has 1 amide bonds. The quantitative estimate of drug-likeness (QED) is 0.423. The van der Waals surface area contributed by atoms with E-state index >= 15 is 0 Å². The molecule has 194 valence electrons. The van der Waals surface area contributed by atoms with Gasteiger partial charge in [-0.2, -0.15) is 0 Å². The molecule has 7 nitrogen and oxygen atoms in total. The standard InChI is InChI=1S/C28H39BN2O5/c1-18(2)22(16-25(32)34-7)26(33)31-14-8-9-24(31)23-15-20(17-30-23)19-10-12-21(13-11-19)29-35-27(3,4)28(5,6)36-29/h10-13,17-18,22,24H,8-9,14-16H2,1-7H3/t22-,24-/m0/s1. The van der Waals surface area contributed by atoms with Crippen LogP contribution in [0.15, 0.2) is 35.5 Å². The lowest BCUT2D eigenvalue weighted by Gasteiger charge is -2.32. The molecule has 3 aliphatic rings. The second-order valence-electron chi connectivity index (χ2n) is 11.5. The fourth-order valence-corrected chi connectivity index (χ4v) is 5.12. The predicted octanol–water partition coefficient (Wildman–Crippen LogP) is 4.00. The van der Waals surface area contributed by atoms with Gasteiger partial charge in [0.25, 0.3) is 0 Å². The summed E-state index contributed by atoms with van der Waals surface area (Å²) in [6.07, 6.45) is 4.59. The number of esters is 1. The van der Waals surface area contributed by atoms with Crippen molar-refractivity contribution in [3.05, 3.63) is 36.0 Å². The lowest BCUT2D eigenvalue weighted by Crippen LogP contribution is -2.45. The van der Waals surface area contributed by atoms with Crippen LogP contribution in [0.3, 0.4) is 0 Å². The number of ether oxygens (including phenoxy) is 1. The van der Waals surface area contributed by atoms with E-state index in [0.717, 1.165) is 35.2 Å². The van der Waals surface area contributed by atoms with Crippen molar-refractivity contribution in [2.75, 3.05) is 13.7 Å². The van der Waals surface area contributed by atoms with Crippen molar-refractivity contribution in [2.45, 2.75) is 84.5 Å². The number of hydrogen-bond donors (Lipinski definition) is 0. The minimum Gasteiger partial charge on any atom is -0.469 e. The van der Waals surface area contributed by atoms with E-state index in [0.29, 0.717) is 13.0 Å². The number of amides is 1. The molecular formula is C28H39BN2O5. The zero-order valence-corrected chi connectivity index (χ0v) is 22.7. The molecule has 0 aliphatic carbocycles. The SMILES string of the molecule is COC(=O)C[C@H](C(=O)N1CCC[C@H]1C1=NC=C(c2ccc(B3OC(C)(C)C(C)(C)O3)cc2)C1)C(C)C. The van der Waals surface area contributed by atoms with Crippen LogP contribution in [-0.4, -0.2) is 60.5 Å². The minimum absolute atomic E-state index is 0.0193. The largest absolute Gasteiger partial charge is 0.494 e. The Bertz CT molecular complexity index is 1040. The van der Waals surface area contributed by atoms with Crippen molar-refractivity contribution >= 4 is 35.7 Å². The van der Waals surface area contributed by atoms with Crippen molar-refractivity contribution in [3.63, 3.8) is 0 Å². The number of nitrogens with zero attached hydrogens (tertiary/aromatic N) is 2. The van der Waals surface area contributed by atoms with Gasteiger partial charge in [0.15, 0.2) is 0 Å². The van der Waals surface area contributed by atoms with Gasteiger partial charge < -0.3 is 18.9 Å². The Kier molecular flexibility index (Phi) is 7.49. The van der Waals surface area contributed by atoms with Crippen LogP contribution in [-0.2, 0) is 23.6 Å². The van der Waals surface area contributed by atoms with E-state index in [2.05, 4.69) is 52.0 Å². The second kappa shape index (κ2) is 10.1. The third-order valence-electron chi connectivity index (χ3n) is 8.22. The summed E-state index contributed by atoms with van der Waals surface area (Å²) in [5, 5.41) is 0. The van der Waals surface area contributed by atoms with Crippen LogP contribution < -0.4 is 5.46 Å². The Balaban J connectivity index is 1.41. The van der Waals surface area contributed by atoms with Gasteiger partial charge >= 0.3 is 13.1 Å². The minimum atomic E-state index is -0.384. The van der Waals surface area contributed by atoms with Crippen molar-refractivity contribution in [2.24, 2.45) is 16.8 Å². The summed E-state index contributed by atoms with van der Waals surface area (Å²) in [6, 6.07) is 8.28. The average molecular weight is 494 g/mol. The molecule has 2 fully saturated rings. The number of likely N-dealkylation sites (tertiary alicyclic amines) is 1. The number of allylic oxidation sites excluding steroid dienone is 1. The molecular weight excluding hydrogens is 455 g/mol. The summed E-state index contributed by atoms with van der Waals surface area (Å²) in [4.78, 5) is 32.0. The Morgan fingerprint density at radius 2 is 1.78 bits per heavy atom. The summed E-state index contributed by atoms with van der Waals surface area (Å²) in [5.74, 6) is -0.640. The number of benzene rings is 1. The second-order valence-corrected chi connectivity index (χ2v) is 11.5. The molecule has 4 rings (SSSR count). The first-order valence-corrected chi connectivity index (χ1v) is 13.0. The number of carbonyl (C=O) groups excluding carboxylic acids is 2. The smallest absolute Gasteiger partial charge is 0.469 e. The summed E-state index contributed by atoms with van der Waals surface area (Å²) < 4.78 is 17.2. The number of methoxy groups -OCH3 is 1. The van der Waals surface area contributed by atoms with Gasteiger partial charge in [0, 0.05) is 24.9 Å². The lowest BCUT2D eigenvalue weighted by molar-refractivity contribution is -0.148. The Hall–Kier alpha value is -2.45. The normalized spacial score (nSPS) is 23.6. The Labute approximate surface area is 215 Å². The zero-order chi connectivity index (χ0) is 26.3. The van der Waals surface area contributed by atoms with Gasteiger partial charge in [-0.15, -0.1) is 0 Å². The maximum Gasteiger partial charge on any atom is 0.494 e. The van der Waals surface area contributed by atoms with Gasteiger partial charge in [-0.25, -0.2) is 0 Å². The maximum atomic E-state index is 13.4. The highest BCUT2D eigenvalue weighted by Gasteiger charge is 2.51. The third kappa shape index (κ3) is 5.16. The summed E-state index contributed by atoms with van der Waals surface area (Å²) >= 11 is 0. The fraction of sp³-hybridized carbons (Fsp3) is 0.607. The van der Waals surface area contributed by atoms with Crippen LogP contribution in [0.25, 0.3) is 5.57 Å². The molecule has 0 saturated carbocycles. The highest BCUT2D eigenvalue weighted by atomic mass is 16.7. The van der Waals surface area contributed by atoms with Crippen molar-refractivity contribution < 1.29 is 23.6 Å². The van der Waals surface area contributed by atoms with E-state index in [-0.39, 0.29) is 54.5 Å². The van der Waals surface area contributed by atoms with Crippen molar-refractivity contribution in [1.82, 2.24) is 4.90 Å². The van der Waals surface area contributed by atoms with E-state index < -0.39 is 0 Å². The van der Waals surface area contributed by atoms with Gasteiger partial charge in [-0.05, 0) is 63.1 Å². The molecule has 0 N–H and O–H groups in total. The molecule has 2 saturated heterocycles. The Morgan fingerprint density at radius 3 is 2.36 bits per heavy atom. The van der Waals surface area contributed by atoms with Gasteiger partial charge in [0.1, 0.15) is 0 Å². The molecule has 8 heteroatoms. The van der Waals surface area contributed by atoms with Gasteiger partial charge in [-0.3, -0.25) is 14.6 Å². The van der Waals surface area contributed by atoms with E-state index in [1.807, 2.05) is 24.9 Å². The van der Waals surface area contributed by atoms with Crippen LogP contribution in [0.4, 0.5) is 0 Å². The molecule has 0 aromatic heterocycles. The van der Waals surface area contributed by atoms with E-state index in [4.69, 9.17) is 19.0 Å². The summed E-state index contributed by atoms with van der Waals surface area (Å²) in [7, 11) is 0.982. The highest BCUT2D eigenvalue weighted by Crippen LogP contribution is 2.37. The van der Waals surface area contributed by atoms with Crippen LogP contribution >= 0.6 is 0 Å². The van der Waals surface area contributed by atoms with Crippen LogP contribution in [0.2, 0.25) is 0 Å². The topological polar surface area (TPSA) is 77.4 Å². The molecule has 3 aliphatic heterocycles. The molecule has 0 radical (unpaired) electrons. The van der Waals surface area contributed by atoms with Crippen LogP contribution in [0.5, 0.6) is 0 Å². The first-order chi connectivity index (χ1) is 16.9. The monoisotopic (exact) mass is 494 g/mol. The predicted molar refractivity (Wildman–Crippen MR) is 142 cm³/mol. The number of hydrogen-bond acceptors (Lipinski definition) is 6. The van der Waals surface area contributed by atoms with E-state index in [9.17, 15) is 9.59 Å². The van der Waals surface area contributed by atoms with Crippen LogP contribution in [0.1, 0.15) is 72.8 Å². The van der Waals surface area contributed by atoms with Gasteiger partial charge in [0.05, 0.1) is 36.7 Å². The van der Waals surface area contributed by atoms with Crippen molar-refractivity contribution in [3.8, 4) is 0 Å². The van der Waals surface area contributed by atoms with E-state index in [1.54, 1.807) is 0 Å². The summed E-state index contributed by atoms with van der Waals surface area (Å²) in [6.45, 7) is 12.9. The number of rotatable bonds is 7. The van der Waals surface area contributed by atoms with E-state index in [1.165, 1.54) is 7.11 Å². The molecule has 0 unspecified atom stereocenters. The molecule has 2 atom stereocenters. The lowest BCUT2D eigenvalue weighted by atomic mass is 9.78. The summed E-state index contributed by atoms with van der Waals surface area (Å²) in [5.41, 5.74) is 3.52. The van der Waals surface area contributed by atoms with Crippen LogP contribution in [0, 0.1) is 11.8 Å². The zero-order valence-electron chi connectivity index (χ0n) is 22.7.